The van der Waals surface area contributed by atoms with E-state index < -0.39 is 5.82 Å². The van der Waals surface area contributed by atoms with Crippen molar-refractivity contribution in [3.8, 4) is 0 Å². The number of anilines is 2. The Morgan fingerprint density at radius 2 is 1.86 bits per heavy atom. The molecule has 6 heteroatoms. The van der Waals surface area contributed by atoms with Crippen molar-refractivity contribution in [3.63, 3.8) is 0 Å². The predicted octanol–water partition coefficient (Wildman–Crippen LogP) is 4.80. The van der Waals surface area contributed by atoms with Gasteiger partial charge < -0.3 is 10.6 Å². The average molecular weight is 341 g/mol. The molecule has 0 radical (unpaired) electrons. The first-order valence-electron chi connectivity index (χ1n) is 6.62. The highest BCUT2D eigenvalue weighted by Gasteiger charge is 2.09. The zero-order valence-electron chi connectivity index (χ0n) is 12.1. The molecule has 0 atom stereocenters. The molecule has 0 aromatic heterocycles. The van der Waals surface area contributed by atoms with Crippen LogP contribution in [-0.4, -0.2) is 12.5 Å². The van der Waals surface area contributed by atoms with Gasteiger partial charge in [-0.15, -0.1) is 0 Å². The van der Waals surface area contributed by atoms with Gasteiger partial charge >= 0.3 is 0 Å². The minimum atomic E-state index is -0.528. The summed E-state index contributed by atoms with van der Waals surface area (Å²) in [6.07, 6.45) is 0. The van der Waals surface area contributed by atoms with Gasteiger partial charge in [-0.25, -0.2) is 4.39 Å². The standard InChI is InChI=1S/C16H15Cl2FN2O/c1-9-5-10(2)16(13(18)6-9)20-8-15(22)21-11-3-4-14(19)12(17)7-11/h3-7,20H,8H2,1-2H3,(H,21,22). The van der Waals surface area contributed by atoms with Crippen molar-refractivity contribution >= 4 is 40.5 Å². The Labute approximate surface area is 138 Å². The Kier molecular flexibility index (Phi) is 5.27. The highest BCUT2D eigenvalue weighted by Crippen LogP contribution is 2.27. The number of benzene rings is 2. The molecule has 0 bridgehead atoms. The molecule has 0 unspecified atom stereocenters. The molecule has 0 saturated heterocycles. The summed E-state index contributed by atoms with van der Waals surface area (Å²) in [6, 6.07) is 7.81. The highest BCUT2D eigenvalue weighted by atomic mass is 35.5. The van der Waals surface area contributed by atoms with Crippen LogP contribution < -0.4 is 10.6 Å². The molecule has 0 aliphatic carbocycles. The molecule has 22 heavy (non-hydrogen) atoms. The third-order valence-corrected chi connectivity index (χ3v) is 3.65. The quantitative estimate of drug-likeness (QED) is 0.839. The minimum absolute atomic E-state index is 0.0387. The van der Waals surface area contributed by atoms with Crippen LogP contribution in [0.1, 0.15) is 11.1 Å². The van der Waals surface area contributed by atoms with E-state index in [1.165, 1.54) is 18.2 Å². The first kappa shape index (κ1) is 16.6. The molecule has 2 aromatic carbocycles. The molecule has 116 valence electrons. The SMILES string of the molecule is Cc1cc(C)c(NCC(=O)Nc2ccc(F)c(Cl)c2)c(Cl)c1. The number of hydrogen-bond donors (Lipinski definition) is 2. The Morgan fingerprint density at radius 3 is 2.50 bits per heavy atom. The van der Waals surface area contributed by atoms with Gasteiger partial charge in [0.05, 0.1) is 22.3 Å². The zero-order valence-corrected chi connectivity index (χ0v) is 13.6. The molecule has 0 aliphatic rings. The normalized spacial score (nSPS) is 10.4. The summed E-state index contributed by atoms with van der Waals surface area (Å²) >= 11 is 11.8. The van der Waals surface area contributed by atoms with Gasteiger partial charge in [0.15, 0.2) is 0 Å². The fourth-order valence-electron chi connectivity index (χ4n) is 2.09. The van der Waals surface area contributed by atoms with E-state index in [9.17, 15) is 9.18 Å². The molecule has 0 aliphatic heterocycles. The van der Waals surface area contributed by atoms with Crippen LogP contribution in [0, 0.1) is 19.7 Å². The second kappa shape index (κ2) is 6.99. The molecule has 0 heterocycles. The van der Waals surface area contributed by atoms with Gasteiger partial charge in [-0.05, 0) is 49.2 Å². The lowest BCUT2D eigenvalue weighted by Crippen LogP contribution is -2.22. The van der Waals surface area contributed by atoms with Crippen molar-refractivity contribution in [3.05, 3.63) is 57.3 Å². The number of aryl methyl sites for hydroxylation is 2. The second-order valence-corrected chi connectivity index (χ2v) is 5.78. The van der Waals surface area contributed by atoms with Gasteiger partial charge in [0.25, 0.3) is 0 Å². The number of amides is 1. The van der Waals surface area contributed by atoms with Gasteiger partial charge in [-0.3, -0.25) is 4.79 Å². The van der Waals surface area contributed by atoms with Gasteiger partial charge in [0, 0.05) is 5.69 Å². The molecule has 0 fully saturated rings. The van der Waals surface area contributed by atoms with Crippen LogP contribution in [-0.2, 0) is 4.79 Å². The molecule has 0 spiro atoms. The number of nitrogens with one attached hydrogen (secondary N) is 2. The van der Waals surface area contributed by atoms with E-state index in [4.69, 9.17) is 23.2 Å². The summed E-state index contributed by atoms with van der Waals surface area (Å²) in [5.74, 6) is -0.807. The zero-order chi connectivity index (χ0) is 16.3. The number of hydrogen-bond acceptors (Lipinski definition) is 2. The third kappa shape index (κ3) is 4.12. The smallest absolute Gasteiger partial charge is 0.243 e. The maximum absolute atomic E-state index is 13.1. The summed E-state index contributed by atoms with van der Waals surface area (Å²) in [4.78, 5) is 11.9. The van der Waals surface area contributed by atoms with E-state index in [-0.39, 0.29) is 17.5 Å². The van der Waals surface area contributed by atoms with Crippen LogP contribution in [0.2, 0.25) is 10.0 Å². The maximum Gasteiger partial charge on any atom is 0.243 e. The Hall–Kier alpha value is -1.78. The van der Waals surface area contributed by atoms with E-state index in [1.54, 1.807) is 0 Å². The number of carbonyl (C=O) groups excluding carboxylic acids is 1. The van der Waals surface area contributed by atoms with Gasteiger partial charge in [-0.1, -0.05) is 29.3 Å². The van der Waals surface area contributed by atoms with Crippen LogP contribution in [0.15, 0.2) is 30.3 Å². The molecule has 0 saturated carbocycles. The molecule has 1 amide bonds. The summed E-state index contributed by atoms with van der Waals surface area (Å²) in [6.45, 7) is 3.91. The van der Waals surface area contributed by atoms with Crippen molar-refractivity contribution in [1.82, 2.24) is 0 Å². The molecule has 3 nitrogen and oxygen atoms in total. The number of rotatable bonds is 4. The number of halogens is 3. The largest absolute Gasteiger partial charge is 0.375 e. The monoisotopic (exact) mass is 340 g/mol. The topological polar surface area (TPSA) is 41.1 Å². The Balaban J connectivity index is 2.00. The first-order chi connectivity index (χ1) is 10.4. The first-order valence-corrected chi connectivity index (χ1v) is 7.38. The highest BCUT2D eigenvalue weighted by molar-refractivity contribution is 6.33. The summed E-state index contributed by atoms with van der Waals surface area (Å²) in [5, 5.41) is 6.16. The summed E-state index contributed by atoms with van der Waals surface area (Å²) in [7, 11) is 0. The van der Waals surface area contributed by atoms with Crippen molar-refractivity contribution in [2.75, 3.05) is 17.2 Å². The molecule has 2 N–H and O–H groups in total. The lowest BCUT2D eigenvalue weighted by atomic mass is 10.1. The van der Waals surface area contributed by atoms with Crippen LogP contribution in [0.4, 0.5) is 15.8 Å². The van der Waals surface area contributed by atoms with Crippen molar-refractivity contribution in [1.29, 1.82) is 0 Å². The van der Waals surface area contributed by atoms with Crippen molar-refractivity contribution in [2.24, 2.45) is 0 Å². The molecule has 2 aromatic rings. The summed E-state index contributed by atoms with van der Waals surface area (Å²) < 4.78 is 13.1. The van der Waals surface area contributed by atoms with Gasteiger partial charge in [0.2, 0.25) is 5.91 Å². The van der Waals surface area contributed by atoms with Gasteiger partial charge in [0.1, 0.15) is 5.82 Å². The molecular formula is C16H15Cl2FN2O. The Morgan fingerprint density at radius 1 is 1.14 bits per heavy atom. The van der Waals surface area contributed by atoms with E-state index in [0.717, 1.165) is 16.8 Å². The summed E-state index contributed by atoms with van der Waals surface area (Å²) in [5.41, 5.74) is 3.17. The van der Waals surface area contributed by atoms with Gasteiger partial charge in [-0.2, -0.15) is 0 Å². The lowest BCUT2D eigenvalue weighted by molar-refractivity contribution is -0.114. The van der Waals surface area contributed by atoms with E-state index in [1.807, 2.05) is 26.0 Å². The van der Waals surface area contributed by atoms with E-state index in [2.05, 4.69) is 10.6 Å². The lowest BCUT2D eigenvalue weighted by Gasteiger charge is -2.13. The minimum Gasteiger partial charge on any atom is -0.375 e. The van der Waals surface area contributed by atoms with Crippen LogP contribution in [0.3, 0.4) is 0 Å². The molecular weight excluding hydrogens is 326 g/mol. The second-order valence-electron chi connectivity index (χ2n) is 4.97. The number of carbonyl (C=O) groups is 1. The van der Waals surface area contributed by atoms with E-state index in [0.29, 0.717) is 10.7 Å². The molecule has 2 rings (SSSR count). The van der Waals surface area contributed by atoms with Crippen LogP contribution in [0.5, 0.6) is 0 Å². The fraction of sp³-hybridized carbons (Fsp3) is 0.188. The van der Waals surface area contributed by atoms with Crippen molar-refractivity contribution in [2.45, 2.75) is 13.8 Å². The van der Waals surface area contributed by atoms with Crippen molar-refractivity contribution < 1.29 is 9.18 Å². The van der Waals surface area contributed by atoms with Crippen LogP contribution >= 0.6 is 23.2 Å². The average Bonchev–Trinajstić information content (AvgIpc) is 2.41. The maximum atomic E-state index is 13.1. The van der Waals surface area contributed by atoms with Crippen LogP contribution in [0.25, 0.3) is 0 Å². The predicted molar refractivity (Wildman–Crippen MR) is 89.5 cm³/mol. The van der Waals surface area contributed by atoms with E-state index >= 15 is 0 Å². The third-order valence-electron chi connectivity index (χ3n) is 3.06. The Bertz CT molecular complexity index is 696. The fourth-order valence-corrected chi connectivity index (χ4v) is 2.66.